The molecule has 7 heteroatoms. The van der Waals surface area contributed by atoms with Gasteiger partial charge in [0.25, 0.3) is 0 Å². The Morgan fingerprint density at radius 1 is 1.00 bits per heavy atom. The summed E-state index contributed by atoms with van der Waals surface area (Å²) >= 11 is 0.526. The fourth-order valence-electron chi connectivity index (χ4n) is 1.75. The molecule has 0 saturated carbocycles. The summed E-state index contributed by atoms with van der Waals surface area (Å²) in [5, 5.41) is 0. The van der Waals surface area contributed by atoms with Crippen molar-refractivity contribution in [3.8, 4) is 0 Å². The molecule has 0 N–H and O–H groups in total. The van der Waals surface area contributed by atoms with Crippen molar-refractivity contribution >= 4 is 39.2 Å². The fourth-order valence-corrected chi connectivity index (χ4v) is 2.55. The van der Waals surface area contributed by atoms with E-state index in [1.807, 2.05) is 0 Å². The van der Waals surface area contributed by atoms with E-state index in [2.05, 4.69) is 0 Å². The molecule has 2 aromatic rings. The Bertz CT molecular complexity index is 656. The second-order valence-electron chi connectivity index (χ2n) is 4.11. The van der Waals surface area contributed by atoms with Gasteiger partial charge in [0.1, 0.15) is 11.6 Å². The monoisotopic (exact) mass is 328 g/mol. The number of hydrogen-bond acceptors (Lipinski definition) is 2. The van der Waals surface area contributed by atoms with Crippen LogP contribution in [0.15, 0.2) is 48.5 Å². The molecule has 0 radical (unpaired) electrons. The van der Waals surface area contributed by atoms with Gasteiger partial charge < -0.3 is 0 Å². The van der Waals surface area contributed by atoms with Gasteiger partial charge in [-0.3, -0.25) is 4.90 Å². The maximum Gasteiger partial charge on any atom is 0.340 e. The molecule has 0 aromatic heterocycles. The normalized spacial score (nSPS) is 10.3. The summed E-state index contributed by atoms with van der Waals surface area (Å²) in [6.45, 7) is 0. The quantitative estimate of drug-likeness (QED) is 0.753. The van der Waals surface area contributed by atoms with Crippen molar-refractivity contribution in [2.24, 2.45) is 0 Å². The van der Waals surface area contributed by atoms with Gasteiger partial charge in [-0.2, -0.15) is 0 Å². The highest BCUT2D eigenvalue weighted by Gasteiger charge is 2.25. The molecular formula is C14H11ClF2N2OS. The third kappa shape index (κ3) is 3.28. The summed E-state index contributed by atoms with van der Waals surface area (Å²) in [6, 6.07) is 10.8. The summed E-state index contributed by atoms with van der Waals surface area (Å²) in [5.41, 5.74) is 0.0836. The molecule has 3 nitrogen and oxygen atoms in total. The van der Waals surface area contributed by atoms with E-state index in [4.69, 9.17) is 10.7 Å². The van der Waals surface area contributed by atoms with Gasteiger partial charge in [-0.15, -0.1) is 0 Å². The zero-order valence-electron chi connectivity index (χ0n) is 11.0. The van der Waals surface area contributed by atoms with E-state index in [1.165, 1.54) is 43.4 Å². The van der Waals surface area contributed by atoms with Gasteiger partial charge in [0, 0.05) is 7.05 Å². The van der Waals surface area contributed by atoms with Crippen LogP contribution in [-0.2, 0) is 0 Å². The Kier molecular flexibility index (Phi) is 5.03. The van der Waals surface area contributed by atoms with Gasteiger partial charge in [0.15, 0.2) is 0 Å². The van der Waals surface area contributed by atoms with Crippen molar-refractivity contribution in [3.05, 3.63) is 60.2 Å². The van der Waals surface area contributed by atoms with E-state index in [0.717, 1.165) is 9.21 Å². The van der Waals surface area contributed by atoms with Crippen LogP contribution < -0.4 is 9.21 Å². The Hall–Kier alpha value is -1.79. The van der Waals surface area contributed by atoms with Gasteiger partial charge in [-0.05, 0) is 34.9 Å². The molecule has 2 rings (SSSR count). The first kappa shape index (κ1) is 15.6. The number of nitrogens with zero attached hydrogens (tertiary/aromatic N) is 2. The van der Waals surface area contributed by atoms with Crippen LogP contribution in [0.1, 0.15) is 0 Å². The van der Waals surface area contributed by atoms with Gasteiger partial charge >= 0.3 is 6.03 Å². The number of carbonyl (C=O) groups is 1. The van der Waals surface area contributed by atoms with Gasteiger partial charge in [-0.25, -0.2) is 17.9 Å². The minimum absolute atomic E-state index is 0.00527. The van der Waals surface area contributed by atoms with Crippen LogP contribution in [0.25, 0.3) is 0 Å². The second-order valence-corrected chi connectivity index (χ2v) is 5.02. The molecule has 0 fully saturated rings. The Balaban J connectivity index is 2.33. The highest BCUT2D eigenvalue weighted by Crippen LogP contribution is 2.30. The van der Waals surface area contributed by atoms with Crippen LogP contribution in [0, 0.1) is 11.6 Å². The molecule has 21 heavy (non-hydrogen) atoms. The van der Waals surface area contributed by atoms with Crippen LogP contribution >= 0.6 is 21.8 Å². The molecule has 0 heterocycles. The first-order valence-corrected chi connectivity index (χ1v) is 7.51. The van der Waals surface area contributed by atoms with Crippen LogP contribution in [0.2, 0.25) is 0 Å². The van der Waals surface area contributed by atoms with E-state index in [-0.39, 0.29) is 11.4 Å². The van der Waals surface area contributed by atoms with Crippen molar-refractivity contribution in [2.75, 3.05) is 16.3 Å². The molecule has 0 aliphatic heterocycles. The number of urea groups is 1. The maximum atomic E-state index is 13.8. The molecule has 0 unspecified atom stereocenters. The average Bonchev–Trinajstić information content (AvgIpc) is 2.49. The second kappa shape index (κ2) is 6.78. The molecule has 110 valence electrons. The number of carbonyl (C=O) groups excluding carboxylic acids is 1. The van der Waals surface area contributed by atoms with Crippen LogP contribution in [0.5, 0.6) is 0 Å². The molecule has 2 amide bonds. The first-order valence-electron chi connectivity index (χ1n) is 5.92. The van der Waals surface area contributed by atoms with Crippen molar-refractivity contribution in [3.63, 3.8) is 0 Å². The van der Waals surface area contributed by atoms with Crippen molar-refractivity contribution in [1.29, 1.82) is 0 Å². The third-order valence-electron chi connectivity index (χ3n) is 2.81. The van der Waals surface area contributed by atoms with Crippen LogP contribution in [0.4, 0.5) is 25.0 Å². The highest BCUT2D eigenvalue weighted by atomic mass is 35.7. The number of anilines is 2. The minimum Gasteiger partial charge on any atom is -0.293 e. The number of hydrogen-bond donors (Lipinski definition) is 0. The summed E-state index contributed by atoms with van der Waals surface area (Å²) in [4.78, 5) is 13.5. The highest BCUT2D eigenvalue weighted by molar-refractivity contribution is 8.22. The largest absolute Gasteiger partial charge is 0.340 e. The predicted molar refractivity (Wildman–Crippen MR) is 82.5 cm³/mol. The molecule has 0 saturated heterocycles. The Morgan fingerprint density at radius 3 is 1.95 bits per heavy atom. The molecule has 0 spiro atoms. The van der Waals surface area contributed by atoms with E-state index in [0.29, 0.717) is 11.2 Å². The SMILES string of the molecule is CN(C(=O)N(SCl)c1ccccc1F)c1ccccc1F. The topological polar surface area (TPSA) is 23.6 Å². The van der Waals surface area contributed by atoms with Crippen LogP contribution in [0.3, 0.4) is 0 Å². The van der Waals surface area contributed by atoms with E-state index >= 15 is 0 Å². The van der Waals surface area contributed by atoms with Gasteiger partial charge in [-0.1, -0.05) is 24.3 Å². The molecule has 0 atom stereocenters. The van der Waals surface area contributed by atoms with Crippen molar-refractivity contribution in [1.82, 2.24) is 0 Å². The van der Waals surface area contributed by atoms with Crippen molar-refractivity contribution < 1.29 is 13.6 Å². The average molecular weight is 329 g/mol. The number of rotatable bonds is 3. The molecule has 2 aromatic carbocycles. The molecule has 0 bridgehead atoms. The smallest absolute Gasteiger partial charge is 0.293 e. The number of para-hydroxylation sites is 2. The van der Waals surface area contributed by atoms with E-state index < -0.39 is 17.7 Å². The predicted octanol–water partition coefficient (Wildman–Crippen LogP) is 4.83. The minimum atomic E-state index is -0.662. The van der Waals surface area contributed by atoms with Crippen LogP contribution in [-0.4, -0.2) is 13.1 Å². The standard InChI is InChI=1S/C14H11ClF2N2OS/c1-18(12-8-4-2-6-10(12)16)14(20)19(21-15)13-9-5-3-7-11(13)17/h2-9H,1H3. The van der Waals surface area contributed by atoms with Crippen molar-refractivity contribution in [2.45, 2.75) is 0 Å². The lowest BCUT2D eigenvalue weighted by atomic mass is 10.3. The molecule has 0 aliphatic rings. The Morgan fingerprint density at radius 2 is 1.48 bits per heavy atom. The van der Waals surface area contributed by atoms with E-state index in [1.54, 1.807) is 12.1 Å². The number of benzene rings is 2. The third-order valence-corrected chi connectivity index (χ3v) is 3.72. The molecular weight excluding hydrogens is 318 g/mol. The zero-order valence-corrected chi connectivity index (χ0v) is 12.5. The summed E-state index contributed by atoms with van der Waals surface area (Å²) in [5.74, 6) is -1.15. The summed E-state index contributed by atoms with van der Waals surface area (Å²) in [6.07, 6.45) is 0. The van der Waals surface area contributed by atoms with E-state index in [9.17, 15) is 13.6 Å². The van der Waals surface area contributed by atoms with Gasteiger partial charge in [0.05, 0.1) is 22.5 Å². The molecule has 0 aliphatic carbocycles. The lowest BCUT2D eigenvalue weighted by Gasteiger charge is -2.25. The Labute approximate surface area is 129 Å². The fraction of sp³-hybridized carbons (Fsp3) is 0.0714. The lowest BCUT2D eigenvalue weighted by Crippen LogP contribution is -2.37. The number of halogens is 3. The van der Waals surface area contributed by atoms with Gasteiger partial charge in [0.2, 0.25) is 0 Å². The summed E-state index contributed by atoms with van der Waals surface area (Å²) < 4.78 is 28.4. The number of amides is 2. The lowest BCUT2D eigenvalue weighted by molar-refractivity contribution is 0.255. The summed E-state index contributed by atoms with van der Waals surface area (Å²) in [7, 11) is 7.07. The zero-order chi connectivity index (χ0) is 15.4. The maximum absolute atomic E-state index is 13.8. The first-order chi connectivity index (χ1) is 10.1.